The van der Waals surface area contributed by atoms with Crippen LogP contribution in [0.3, 0.4) is 0 Å². The van der Waals surface area contributed by atoms with E-state index in [1.54, 1.807) is 13.3 Å². The summed E-state index contributed by atoms with van der Waals surface area (Å²) < 4.78 is 5.38. The lowest BCUT2D eigenvalue weighted by molar-refractivity contribution is -0.142. The van der Waals surface area contributed by atoms with Gasteiger partial charge < -0.3 is 14.7 Å². The summed E-state index contributed by atoms with van der Waals surface area (Å²) in [7, 11) is 1.63. The summed E-state index contributed by atoms with van der Waals surface area (Å²) in [6.07, 6.45) is 2.49. The molecule has 1 aromatic carbocycles. The Morgan fingerprint density at radius 1 is 1.36 bits per heavy atom. The summed E-state index contributed by atoms with van der Waals surface area (Å²) in [4.78, 5) is 18.0. The molecule has 1 aliphatic heterocycles. The SMILES string of the molecule is COc1cccc2c(N3CC(C)CC(C(=O)O)C3)ccnc12. The zero-order valence-electron chi connectivity index (χ0n) is 12.8. The first-order chi connectivity index (χ1) is 10.6. The van der Waals surface area contributed by atoms with Crippen LogP contribution < -0.4 is 9.64 Å². The summed E-state index contributed by atoms with van der Waals surface area (Å²) in [5.41, 5.74) is 1.84. The zero-order valence-corrected chi connectivity index (χ0v) is 12.8. The molecule has 2 unspecified atom stereocenters. The quantitative estimate of drug-likeness (QED) is 0.944. The molecule has 0 saturated carbocycles. The van der Waals surface area contributed by atoms with Gasteiger partial charge in [0, 0.05) is 30.4 Å². The molecule has 22 heavy (non-hydrogen) atoms. The number of para-hydroxylation sites is 1. The number of hydrogen-bond acceptors (Lipinski definition) is 4. The van der Waals surface area contributed by atoms with Crippen molar-refractivity contribution in [3.05, 3.63) is 30.5 Å². The van der Waals surface area contributed by atoms with Crippen molar-refractivity contribution in [2.24, 2.45) is 11.8 Å². The van der Waals surface area contributed by atoms with Crippen molar-refractivity contribution in [3.8, 4) is 5.75 Å². The number of piperidine rings is 1. The number of carboxylic acid groups (broad SMARTS) is 1. The van der Waals surface area contributed by atoms with Gasteiger partial charge in [-0.25, -0.2) is 0 Å². The molecule has 1 saturated heterocycles. The molecule has 0 amide bonds. The highest BCUT2D eigenvalue weighted by atomic mass is 16.5. The number of methoxy groups -OCH3 is 1. The standard InChI is InChI=1S/C17H20N2O3/c1-11-8-12(17(20)21)10-19(9-11)14-6-7-18-16-13(14)4-3-5-15(16)22-2/h3-7,11-12H,8-10H2,1-2H3,(H,20,21). The molecule has 1 aliphatic rings. The molecular formula is C17H20N2O3. The molecule has 1 aromatic heterocycles. The van der Waals surface area contributed by atoms with Crippen molar-refractivity contribution in [3.63, 3.8) is 0 Å². The Morgan fingerprint density at radius 3 is 2.91 bits per heavy atom. The van der Waals surface area contributed by atoms with E-state index in [-0.39, 0.29) is 5.92 Å². The third-order valence-corrected chi connectivity index (χ3v) is 4.28. The summed E-state index contributed by atoms with van der Waals surface area (Å²) in [6, 6.07) is 7.79. The minimum Gasteiger partial charge on any atom is -0.494 e. The lowest BCUT2D eigenvalue weighted by Gasteiger charge is -2.36. The van der Waals surface area contributed by atoms with Gasteiger partial charge in [0.15, 0.2) is 0 Å². The number of hydrogen-bond donors (Lipinski definition) is 1. The molecule has 1 fully saturated rings. The fourth-order valence-electron chi connectivity index (χ4n) is 3.30. The van der Waals surface area contributed by atoms with Crippen LogP contribution in [0.2, 0.25) is 0 Å². The van der Waals surface area contributed by atoms with Crippen molar-refractivity contribution in [2.75, 3.05) is 25.1 Å². The number of pyridine rings is 1. The average Bonchev–Trinajstić information content (AvgIpc) is 2.53. The van der Waals surface area contributed by atoms with E-state index < -0.39 is 5.97 Å². The van der Waals surface area contributed by atoms with Crippen molar-refractivity contribution < 1.29 is 14.6 Å². The van der Waals surface area contributed by atoms with Gasteiger partial charge >= 0.3 is 5.97 Å². The first-order valence-electron chi connectivity index (χ1n) is 7.49. The predicted octanol–water partition coefficient (Wildman–Crippen LogP) is 2.79. The number of aromatic nitrogens is 1. The molecule has 1 N–H and O–H groups in total. The van der Waals surface area contributed by atoms with Gasteiger partial charge in [-0.2, -0.15) is 0 Å². The van der Waals surface area contributed by atoms with Crippen molar-refractivity contribution in [1.82, 2.24) is 4.98 Å². The van der Waals surface area contributed by atoms with Crippen molar-refractivity contribution in [1.29, 1.82) is 0 Å². The minimum absolute atomic E-state index is 0.322. The molecule has 5 nitrogen and oxygen atoms in total. The molecule has 2 heterocycles. The molecule has 116 valence electrons. The monoisotopic (exact) mass is 300 g/mol. The highest BCUT2D eigenvalue weighted by Gasteiger charge is 2.30. The van der Waals surface area contributed by atoms with Gasteiger partial charge in [-0.3, -0.25) is 9.78 Å². The number of ether oxygens (including phenoxy) is 1. The number of anilines is 1. The molecule has 2 aromatic rings. The van der Waals surface area contributed by atoms with Gasteiger partial charge in [0.25, 0.3) is 0 Å². The van der Waals surface area contributed by atoms with Crippen molar-refractivity contribution >= 4 is 22.6 Å². The van der Waals surface area contributed by atoms with Crippen LogP contribution in [0.1, 0.15) is 13.3 Å². The first-order valence-corrected chi connectivity index (χ1v) is 7.49. The fraction of sp³-hybridized carbons (Fsp3) is 0.412. The maximum atomic E-state index is 11.4. The van der Waals surface area contributed by atoms with E-state index in [9.17, 15) is 9.90 Å². The fourth-order valence-corrected chi connectivity index (χ4v) is 3.30. The van der Waals surface area contributed by atoms with Crippen LogP contribution in [-0.4, -0.2) is 36.3 Å². The van der Waals surface area contributed by atoms with Crippen LogP contribution in [0.15, 0.2) is 30.5 Å². The number of carboxylic acids is 1. The molecule has 0 radical (unpaired) electrons. The highest BCUT2D eigenvalue weighted by Crippen LogP contribution is 2.34. The first kappa shape index (κ1) is 14.6. The van der Waals surface area contributed by atoms with Gasteiger partial charge in [-0.05, 0) is 24.5 Å². The molecular weight excluding hydrogens is 280 g/mol. The average molecular weight is 300 g/mol. The Balaban J connectivity index is 2.04. The zero-order chi connectivity index (χ0) is 15.7. The van der Waals surface area contributed by atoms with E-state index in [1.807, 2.05) is 24.3 Å². The van der Waals surface area contributed by atoms with Crippen LogP contribution in [0, 0.1) is 11.8 Å². The molecule has 5 heteroatoms. The van der Waals surface area contributed by atoms with E-state index in [0.29, 0.717) is 12.5 Å². The van der Waals surface area contributed by atoms with Crippen LogP contribution in [-0.2, 0) is 4.79 Å². The van der Waals surface area contributed by atoms with E-state index in [4.69, 9.17) is 4.74 Å². The number of aliphatic carboxylic acids is 1. The molecule has 0 spiro atoms. The van der Waals surface area contributed by atoms with E-state index in [2.05, 4.69) is 16.8 Å². The highest BCUT2D eigenvalue weighted by molar-refractivity contribution is 5.95. The second kappa shape index (κ2) is 5.83. The largest absolute Gasteiger partial charge is 0.494 e. The number of rotatable bonds is 3. The second-order valence-corrected chi connectivity index (χ2v) is 5.97. The van der Waals surface area contributed by atoms with Crippen LogP contribution in [0.5, 0.6) is 5.75 Å². The Kier molecular flexibility index (Phi) is 3.88. The third kappa shape index (κ3) is 2.58. The third-order valence-electron chi connectivity index (χ3n) is 4.28. The minimum atomic E-state index is -0.715. The Morgan fingerprint density at radius 2 is 2.18 bits per heavy atom. The number of nitrogens with zero attached hydrogens (tertiary/aromatic N) is 2. The molecule has 3 rings (SSSR count). The van der Waals surface area contributed by atoms with Gasteiger partial charge in [-0.1, -0.05) is 19.1 Å². The normalized spacial score (nSPS) is 21.8. The summed E-state index contributed by atoms with van der Waals surface area (Å²) in [5.74, 6) is 0.0490. The number of benzene rings is 1. The Hall–Kier alpha value is -2.30. The van der Waals surface area contributed by atoms with Crippen molar-refractivity contribution in [2.45, 2.75) is 13.3 Å². The van der Waals surface area contributed by atoms with Gasteiger partial charge in [0.1, 0.15) is 11.3 Å². The maximum Gasteiger partial charge on any atom is 0.308 e. The van der Waals surface area contributed by atoms with Gasteiger partial charge in [0.2, 0.25) is 0 Å². The Labute approximate surface area is 129 Å². The smallest absolute Gasteiger partial charge is 0.308 e. The van der Waals surface area contributed by atoms with E-state index in [0.717, 1.165) is 35.3 Å². The molecule has 0 bridgehead atoms. The predicted molar refractivity (Wildman–Crippen MR) is 85.4 cm³/mol. The van der Waals surface area contributed by atoms with Crippen LogP contribution in [0.4, 0.5) is 5.69 Å². The second-order valence-electron chi connectivity index (χ2n) is 5.97. The van der Waals surface area contributed by atoms with Crippen LogP contribution >= 0.6 is 0 Å². The van der Waals surface area contributed by atoms with Gasteiger partial charge in [0.05, 0.1) is 13.0 Å². The lowest BCUT2D eigenvalue weighted by Crippen LogP contribution is -2.42. The summed E-state index contributed by atoms with van der Waals surface area (Å²) in [5, 5.41) is 10.4. The number of fused-ring (bicyclic) bond motifs is 1. The summed E-state index contributed by atoms with van der Waals surface area (Å²) >= 11 is 0. The molecule has 2 atom stereocenters. The van der Waals surface area contributed by atoms with E-state index in [1.165, 1.54) is 0 Å². The maximum absolute atomic E-state index is 11.4. The number of carbonyl (C=O) groups is 1. The topological polar surface area (TPSA) is 62.7 Å². The van der Waals surface area contributed by atoms with E-state index >= 15 is 0 Å². The Bertz CT molecular complexity index is 701. The summed E-state index contributed by atoms with van der Waals surface area (Å²) in [6.45, 7) is 3.50. The van der Waals surface area contributed by atoms with Gasteiger partial charge in [-0.15, -0.1) is 0 Å². The van der Waals surface area contributed by atoms with Crippen LogP contribution in [0.25, 0.3) is 10.9 Å². The lowest BCUT2D eigenvalue weighted by atomic mass is 9.90. The molecule has 0 aliphatic carbocycles.